The lowest BCUT2D eigenvalue weighted by molar-refractivity contribution is 0.169. The average molecular weight is 381 g/mol. The number of ether oxygens (including phenoxy) is 1. The summed E-state index contributed by atoms with van der Waals surface area (Å²) in [7, 11) is 0. The van der Waals surface area contributed by atoms with Gasteiger partial charge in [-0.2, -0.15) is 0 Å². The van der Waals surface area contributed by atoms with Gasteiger partial charge in [-0.05, 0) is 68.4 Å². The number of H-pyrrole nitrogens is 1. The number of nitrogens with one attached hydrogen (secondary N) is 1. The first-order valence-corrected chi connectivity index (χ1v) is 10.3. The van der Waals surface area contributed by atoms with E-state index in [-0.39, 0.29) is 5.41 Å². The summed E-state index contributed by atoms with van der Waals surface area (Å²) in [6.45, 7) is 5.29. The lowest BCUT2D eigenvalue weighted by Gasteiger charge is -2.38. The molecule has 0 saturated heterocycles. The summed E-state index contributed by atoms with van der Waals surface area (Å²) >= 11 is 6.12. The van der Waals surface area contributed by atoms with E-state index >= 15 is 0 Å². The number of rotatable bonds is 2. The minimum absolute atomic E-state index is 0.223. The van der Waals surface area contributed by atoms with Crippen LogP contribution >= 0.6 is 11.6 Å². The summed E-state index contributed by atoms with van der Waals surface area (Å²) in [6.07, 6.45) is 4.83. The quantitative estimate of drug-likeness (QED) is 0.579. The molecule has 1 fully saturated rings. The highest BCUT2D eigenvalue weighted by Crippen LogP contribution is 2.51. The number of imidazole rings is 1. The number of aromatic nitrogens is 2. The molecule has 4 heteroatoms. The monoisotopic (exact) mass is 380 g/mol. The summed E-state index contributed by atoms with van der Waals surface area (Å²) in [5, 5.41) is 0.750. The molecule has 1 aliphatic heterocycles. The van der Waals surface area contributed by atoms with Gasteiger partial charge >= 0.3 is 0 Å². The molecule has 2 aromatic carbocycles. The predicted molar refractivity (Wildman–Crippen MR) is 110 cm³/mol. The second-order valence-corrected chi connectivity index (χ2v) is 8.91. The largest absolute Gasteiger partial charge is 0.492 e. The number of benzene rings is 2. The maximum atomic E-state index is 6.12. The minimum atomic E-state index is 0.223. The van der Waals surface area contributed by atoms with Crippen LogP contribution in [0.25, 0.3) is 11.0 Å². The summed E-state index contributed by atoms with van der Waals surface area (Å²) in [5.41, 5.74) is 4.96. The van der Waals surface area contributed by atoms with E-state index in [0.29, 0.717) is 11.8 Å². The van der Waals surface area contributed by atoms with Crippen molar-refractivity contribution in [2.24, 2.45) is 5.92 Å². The number of hydrogen-bond acceptors (Lipinski definition) is 2. The fourth-order valence-electron chi connectivity index (χ4n) is 5.03. The molecule has 2 heterocycles. The standard InChI is InChI=1S/C23H25ClN2O/c1-14-3-5-18-21(11-14)27-13-23(18)9-7-16(8-10-23)15(2)22-25-19-6-4-17(24)12-20(19)26-22/h3-6,11-12,15-16H,7-10,13H2,1-2H3,(H,25,26)/t15-,16?,23?/m0/s1. The number of halogens is 1. The normalized spacial score (nSPS) is 25.5. The molecule has 0 amide bonds. The van der Waals surface area contributed by atoms with E-state index in [1.165, 1.54) is 36.8 Å². The highest BCUT2D eigenvalue weighted by molar-refractivity contribution is 6.31. The summed E-state index contributed by atoms with van der Waals surface area (Å²) in [6, 6.07) is 12.6. The third-order valence-corrected chi connectivity index (χ3v) is 7.04. The van der Waals surface area contributed by atoms with Gasteiger partial charge in [0.2, 0.25) is 0 Å². The Bertz CT molecular complexity index is 1000. The Morgan fingerprint density at radius 1 is 1.19 bits per heavy atom. The van der Waals surface area contributed by atoms with Crippen molar-refractivity contribution in [3.63, 3.8) is 0 Å². The third-order valence-electron chi connectivity index (χ3n) is 6.80. The van der Waals surface area contributed by atoms with Gasteiger partial charge in [0.1, 0.15) is 11.6 Å². The Labute approximate surface area is 165 Å². The fourth-order valence-corrected chi connectivity index (χ4v) is 5.20. The van der Waals surface area contributed by atoms with E-state index in [9.17, 15) is 0 Å². The molecule has 2 aliphatic rings. The number of fused-ring (bicyclic) bond motifs is 3. The predicted octanol–water partition coefficient (Wildman–Crippen LogP) is 6.15. The highest BCUT2D eigenvalue weighted by Gasteiger charge is 2.44. The molecule has 1 N–H and O–H groups in total. The summed E-state index contributed by atoms with van der Waals surface area (Å²) < 4.78 is 6.07. The van der Waals surface area contributed by atoms with Crippen LogP contribution in [0.3, 0.4) is 0 Å². The molecule has 1 saturated carbocycles. The number of aryl methyl sites for hydroxylation is 1. The van der Waals surface area contributed by atoms with Crippen molar-refractivity contribution in [3.8, 4) is 5.75 Å². The van der Waals surface area contributed by atoms with Crippen molar-refractivity contribution in [3.05, 3.63) is 58.4 Å². The van der Waals surface area contributed by atoms with E-state index in [1.54, 1.807) is 0 Å². The topological polar surface area (TPSA) is 37.9 Å². The van der Waals surface area contributed by atoms with Gasteiger partial charge in [-0.25, -0.2) is 4.98 Å². The zero-order valence-electron chi connectivity index (χ0n) is 15.9. The molecule has 140 valence electrons. The van der Waals surface area contributed by atoms with Crippen LogP contribution in [0.5, 0.6) is 5.75 Å². The third kappa shape index (κ3) is 2.84. The number of hydrogen-bond donors (Lipinski definition) is 1. The molecular formula is C23H25ClN2O. The minimum Gasteiger partial charge on any atom is -0.492 e. The zero-order chi connectivity index (χ0) is 18.6. The van der Waals surface area contributed by atoms with E-state index in [4.69, 9.17) is 21.3 Å². The first-order chi connectivity index (χ1) is 13.0. The maximum Gasteiger partial charge on any atom is 0.123 e. The van der Waals surface area contributed by atoms with Gasteiger partial charge in [-0.1, -0.05) is 30.7 Å². The lowest BCUT2D eigenvalue weighted by Crippen LogP contribution is -2.34. The molecule has 0 unspecified atom stereocenters. The molecule has 1 spiro atoms. The van der Waals surface area contributed by atoms with Crippen LogP contribution in [0.2, 0.25) is 5.02 Å². The van der Waals surface area contributed by atoms with E-state index < -0.39 is 0 Å². The van der Waals surface area contributed by atoms with Crippen LogP contribution in [0.4, 0.5) is 0 Å². The second-order valence-electron chi connectivity index (χ2n) is 8.48. The van der Waals surface area contributed by atoms with Crippen molar-refractivity contribution in [1.29, 1.82) is 0 Å². The molecule has 5 rings (SSSR count). The van der Waals surface area contributed by atoms with E-state index in [0.717, 1.165) is 34.2 Å². The van der Waals surface area contributed by atoms with Crippen molar-refractivity contribution >= 4 is 22.6 Å². The van der Waals surface area contributed by atoms with Crippen LogP contribution in [0.1, 0.15) is 55.5 Å². The maximum absolute atomic E-state index is 6.12. The molecular weight excluding hydrogens is 356 g/mol. The Kier molecular flexibility index (Phi) is 3.98. The Morgan fingerprint density at radius 2 is 2.00 bits per heavy atom. The van der Waals surface area contributed by atoms with Crippen LogP contribution in [-0.4, -0.2) is 16.6 Å². The zero-order valence-corrected chi connectivity index (χ0v) is 16.6. The van der Waals surface area contributed by atoms with Crippen molar-refractivity contribution in [1.82, 2.24) is 9.97 Å². The van der Waals surface area contributed by atoms with E-state index in [1.807, 2.05) is 18.2 Å². The molecule has 0 bridgehead atoms. The first-order valence-electron chi connectivity index (χ1n) is 9.93. The van der Waals surface area contributed by atoms with Gasteiger partial charge in [-0.3, -0.25) is 0 Å². The summed E-state index contributed by atoms with van der Waals surface area (Å²) in [4.78, 5) is 8.32. The van der Waals surface area contributed by atoms with E-state index in [2.05, 4.69) is 37.0 Å². The SMILES string of the molecule is Cc1ccc2c(c1)OCC21CCC([C@H](C)c2nc3ccc(Cl)cc3[nH]2)CC1. The highest BCUT2D eigenvalue weighted by atomic mass is 35.5. The van der Waals surface area contributed by atoms with Gasteiger partial charge < -0.3 is 9.72 Å². The molecule has 3 nitrogen and oxygen atoms in total. The molecule has 0 radical (unpaired) electrons. The van der Waals surface area contributed by atoms with Crippen molar-refractivity contribution < 1.29 is 4.74 Å². The Balaban J connectivity index is 1.34. The molecule has 3 aromatic rings. The van der Waals surface area contributed by atoms with Gasteiger partial charge in [0.25, 0.3) is 0 Å². The van der Waals surface area contributed by atoms with Crippen LogP contribution in [-0.2, 0) is 5.41 Å². The molecule has 27 heavy (non-hydrogen) atoms. The van der Waals surface area contributed by atoms with Gasteiger partial charge in [0.05, 0.1) is 17.6 Å². The van der Waals surface area contributed by atoms with Crippen LogP contribution in [0, 0.1) is 12.8 Å². The number of nitrogens with zero attached hydrogens (tertiary/aromatic N) is 1. The fraction of sp³-hybridized carbons (Fsp3) is 0.435. The van der Waals surface area contributed by atoms with Gasteiger partial charge in [0.15, 0.2) is 0 Å². The average Bonchev–Trinajstić information content (AvgIpc) is 3.23. The molecule has 1 atom stereocenters. The van der Waals surface area contributed by atoms with Crippen LogP contribution < -0.4 is 4.74 Å². The smallest absolute Gasteiger partial charge is 0.123 e. The Morgan fingerprint density at radius 3 is 2.81 bits per heavy atom. The van der Waals surface area contributed by atoms with Gasteiger partial charge in [-0.15, -0.1) is 0 Å². The van der Waals surface area contributed by atoms with Crippen LogP contribution in [0.15, 0.2) is 36.4 Å². The first kappa shape index (κ1) is 17.1. The van der Waals surface area contributed by atoms with Crippen molar-refractivity contribution in [2.45, 2.75) is 50.9 Å². The number of aromatic amines is 1. The van der Waals surface area contributed by atoms with Gasteiger partial charge in [0, 0.05) is 21.9 Å². The molecule has 1 aromatic heterocycles. The second kappa shape index (κ2) is 6.27. The lowest BCUT2D eigenvalue weighted by atomic mass is 9.65. The van der Waals surface area contributed by atoms with Crippen molar-refractivity contribution in [2.75, 3.05) is 6.61 Å². The Hall–Kier alpha value is -2.00. The molecule has 1 aliphatic carbocycles. The summed E-state index contributed by atoms with van der Waals surface area (Å²) in [5.74, 6) is 3.28.